The van der Waals surface area contributed by atoms with Gasteiger partial charge in [-0.3, -0.25) is 4.79 Å². The van der Waals surface area contributed by atoms with Crippen LogP contribution in [0.2, 0.25) is 6.82 Å². The molecule has 2 fully saturated rings. The molecule has 2 atom stereocenters. The Morgan fingerprint density at radius 1 is 1.36 bits per heavy atom. The lowest BCUT2D eigenvalue weighted by Crippen LogP contribution is -2.43. The van der Waals surface area contributed by atoms with Crippen molar-refractivity contribution in [3.8, 4) is 0 Å². The van der Waals surface area contributed by atoms with E-state index in [-0.39, 0.29) is 7.05 Å². The molecule has 0 saturated carbocycles. The molecule has 0 aromatic heterocycles. The summed E-state index contributed by atoms with van der Waals surface area (Å²) >= 11 is 0. The average molecular weight is 196 g/mol. The Morgan fingerprint density at radius 2 is 2.07 bits per heavy atom. The quantitative estimate of drug-likeness (QED) is 0.491. The number of amides is 1. The zero-order valence-electron chi connectivity index (χ0n) is 8.59. The first-order chi connectivity index (χ1) is 6.72. The summed E-state index contributed by atoms with van der Waals surface area (Å²) in [6.07, 6.45) is 4.21. The molecule has 2 rings (SSSR count). The van der Waals surface area contributed by atoms with E-state index in [1.165, 1.54) is 0 Å². The van der Waals surface area contributed by atoms with Crippen LogP contribution in [0.15, 0.2) is 0 Å². The monoisotopic (exact) mass is 196 g/mol. The number of carbonyl (C=O) groups excluding carboxylic acids is 1. The SMILES string of the molecule is CB(O)N1CCC2CCC(C1)N2C=O. The number of fused-ring (bicyclic) bond motifs is 2. The highest BCUT2D eigenvalue weighted by molar-refractivity contribution is 6.45. The van der Waals surface area contributed by atoms with Gasteiger partial charge in [-0.15, -0.1) is 0 Å². The second kappa shape index (κ2) is 3.91. The first-order valence-electron chi connectivity index (χ1n) is 5.37. The average Bonchev–Trinajstić information content (AvgIpc) is 2.39. The van der Waals surface area contributed by atoms with Crippen molar-refractivity contribution in [2.45, 2.75) is 38.2 Å². The number of carbonyl (C=O) groups is 1. The van der Waals surface area contributed by atoms with Crippen LogP contribution in [0.1, 0.15) is 19.3 Å². The summed E-state index contributed by atoms with van der Waals surface area (Å²) in [7, 11) is -0.386. The lowest BCUT2D eigenvalue weighted by Gasteiger charge is -2.26. The van der Waals surface area contributed by atoms with Gasteiger partial charge in [0.2, 0.25) is 6.41 Å². The topological polar surface area (TPSA) is 43.8 Å². The molecule has 2 saturated heterocycles. The zero-order valence-corrected chi connectivity index (χ0v) is 8.59. The first-order valence-corrected chi connectivity index (χ1v) is 5.37. The molecule has 5 heteroatoms. The van der Waals surface area contributed by atoms with Gasteiger partial charge >= 0.3 is 7.05 Å². The summed E-state index contributed by atoms with van der Waals surface area (Å²) in [5.41, 5.74) is 0. The van der Waals surface area contributed by atoms with E-state index in [0.717, 1.165) is 38.8 Å². The Morgan fingerprint density at radius 3 is 2.71 bits per heavy atom. The van der Waals surface area contributed by atoms with Gasteiger partial charge < -0.3 is 14.7 Å². The van der Waals surface area contributed by atoms with Gasteiger partial charge in [0, 0.05) is 18.6 Å². The largest absolute Gasteiger partial charge is 0.437 e. The van der Waals surface area contributed by atoms with Crippen molar-refractivity contribution in [2.24, 2.45) is 0 Å². The molecule has 0 spiro atoms. The fourth-order valence-electron chi connectivity index (χ4n) is 2.65. The molecule has 4 nitrogen and oxygen atoms in total. The highest BCUT2D eigenvalue weighted by Gasteiger charge is 2.37. The molecule has 0 aliphatic carbocycles. The molecule has 2 unspecified atom stereocenters. The van der Waals surface area contributed by atoms with Crippen LogP contribution < -0.4 is 0 Å². The molecular formula is C9H17BN2O2. The van der Waals surface area contributed by atoms with Crippen LogP contribution in [0.3, 0.4) is 0 Å². The standard InChI is InChI=1S/C9H17BN2O2/c1-10(14)11-5-4-8-2-3-9(6-11)12(8)7-13/h7-9,14H,2-6H2,1H3. The van der Waals surface area contributed by atoms with Crippen LogP contribution in [0, 0.1) is 0 Å². The van der Waals surface area contributed by atoms with Crippen molar-refractivity contribution in [1.29, 1.82) is 0 Å². The van der Waals surface area contributed by atoms with Crippen molar-refractivity contribution < 1.29 is 9.82 Å². The van der Waals surface area contributed by atoms with Gasteiger partial charge in [0.1, 0.15) is 0 Å². The van der Waals surface area contributed by atoms with E-state index in [1.807, 2.05) is 4.90 Å². The summed E-state index contributed by atoms with van der Waals surface area (Å²) in [5, 5.41) is 9.51. The summed E-state index contributed by atoms with van der Waals surface area (Å²) in [6, 6.07) is 0.746. The van der Waals surface area contributed by atoms with E-state index >= 15 is 0 Å². The molecule has 1 N–H and O–H groups in total. The summed E-state index contributed by atoms with van der Waals surface area (Å²) < 4.78 is 0. The van der Waals surface area contributed by atoms with E-state index in [9.17, 15) is 9.82 Å². The minimum absolute atomic E-state index is 0.328. The highest BCUT2D eigenvalue weighted by Crippen LogP contribution is 2.28. The smallest absolute Gasteiger partial charge is 0.376 e. The molecule has 0 aromatic rings. The van der Waals surface area contributed by atoms with Gasteiger partial charge in [0.15, 0.2) is 0 Å². The van der Waals surface area contributed by atoms with Crippen LogP contribution in [0.4, 0.5) is 0 Å². The highest BCUT2D eigenvalue weighted by atomic mass is 16.2. The minimum Gasteiger partial charge on any atom is -0.437 e. The number of nitrogens with zero attached hydrogens (tertiary/aromatic N) is 2. The molecule has 2 aliphatic rings. The fraction of sp³-hybridized carbons (Fsp3) is 0.889. The maximum Gasteiger partial charge on any atom is 0.376 e. The zero-order chi connectivity index (χ0) is 10.1. The summed E-state index contributed by atoms with van der Waals surface area (Å²) in [4.78, 5) is 14.9. The molecule has 14 heavy (non-hydrogen) atoms. The number of hydrogen-bond acceptors (Lipinski definition) is 3. The molecular weight excluding hydrogens is 179 g/mol. The maximum absolute atomic E-state index is 10.9. The molecule has 78 valence electrons. The van der Waals surface area contributed by atoms with Crippen molar-refractivity contribution in [3.63, 3.8) is 0 Å². The maximum atomic E-state index is 10.9. The van der Waals surface area contributed by atoms with Crippen LogP contribution in [-0.4, -0.2) is 53.4 Å². The fourth-order valence-corrected chi connectivity index (χ4v) is 2.65. The predicted molar refractivity (Wildman–Crippen MR) is 54.7 cm³/mol. The van der Waals surface area contributed by atoms with Crippen LogP contribution in [0.5, 0.6) is 0 Å². The van der Waals surface area contributed by atoms with Crippen molar-refractivity contribution in [3.05, 3.63) is 0 Å². The van der Waals surface area contributed by atoms with E-state index < -0.39 is 0 Å². The van der Waals surface area contributed by atoms with Gasteiger partial charge in [0.05, 0.1) is 0 Å². The van der Waals surface area contributed by atoms with Crippen molar-refractivity contribution in [2.75, 3.05) is 13.1 Å². The van der Waals surface area contributed by atoms with E-state index in [0.29, 0.717) is 12.1 Å². The molecule has 2 aliphatic heterocycles. The van der Waals surface area contributed by atoms with Gasteiger partial charge in [-0.05, 0) is 32.6 Å². The van der Waals surface area contributed by atoms with Gasteiger partial charge in [-0.2, -0.15) is 0 Å². The Balaban J connectivity index is 2.07. The van der Waals surface area contributed by atoms with E-state index in [4.69, 9.17) is 0 Å². The summed E-state index contributed by atoms with van der Waals surface area (Å²) in [5.74, 6) is 0. The van der Waals surface area contributed by atoms with E-state index in [2.05, 4.69) is 4.81 Å². The Hall–Kier alpha value is -0.545. The van der Waals surface area contributed by atoms with Gasteiger partial charge in [-0.1, -0.05) is 0 Å². The van der Waals surface area contributed by atoms with Crippen LogP contribution >= 0.6 is 0 Å². The van der Waals surface area contributed by atoms with Crippen LogP contribution in [0.25, 0.3) is 0 Å². The Labute approximate surface area is 85.0 Å². The second-order valence-electron chi connectivity index (χ2n) is 4.35. The lowest BCUT2D eigenvalue weighted by molar-refractivity contribution is -0.120. The predicted octanol–water partition coefficient (Wildman–Crippen LogP) is -0.208. The number of rotatable bonds is 2. The van der Waals surface area contributed by atoms with E-state index in [1.54, 1.807) is 6.82 Å². The third kappa shape index (κ3) is 1.66. The molecule has 2 heterocycles. The van der Waals surface area contributed by atoms with Crippen molar-refractivity contribution in [1.82, 2.24) is 9.71 Å². The number of hydrogen-bond donors (Lipinski definition) is 1. The second-order valence-corrected chi connectivity index (χ2v) is 4.35. The molecule has 0 aromatic carbocycles. The first kappa shape index (κ1) is 9.99. The van der Waals surface area contributed by atoms with Gasteiger partial charge in [-0.25, -0.2) is 0 Å². The Bertz CT molecular complexity index is 225. The lowest BCUT2D eigenvalue weighted by atomic mass is 9.83. The third-order valence-electron chi connectivity index (χ3n) is 3.52. The Kier molecular flexibility index (Phi) is 2.79. The van der Waals surface area contributed by atoms with Crippen LogP contribution in [-0.2, 0) is 4.79 Å². The third-order valence-corrected chi connectivity index (χ3v) is 3.52. The minimum atomic E-state index is -0.386. The summed E-state index contributed by atoms with van der Waals surface area (Å²) in [6.45, 7) is 3.53. The molecule has 1 amide bonds. The van der Waals surface area contributed by atoms with Crippen molar-refractivity contribution >= 4 is 13.5 Å². The van der Waals surface area contributed by atoms with Gasteiger partial charge in [0.25, 0.3) is 0 Å². The molecule has 0 radical (unpaired) electrons. The molecule has 2 bridgehead atoms. The normalized spacial score (nSPS) is 32.9.